The van der Waals surface area contributed by atoms with E-state index in [9.17, 15) is 17.6 Å². The van der Waals surface area contributed by atoms with Gasteiger partial charge in [-0.05, 0) is 25.1 Å². The molecule has 0 saturated carbocycles. The van der Waals surface area contributed by atoms with Crippen molar-refractivity contribution in [1.29, 1.82) is 0 Å². The summed E-state index contributed by atoms with van der Waals surface area (Å²) in [5, 5.41) is 3.11. The second-order valence-corrected chi connectivity index (χ2v) is 3.68. The van der Waals surface area contributed by atoms with Crippen LogP contribution in [0.15, 0.2) is 18.2 Å². The van der Waals surface area contributed by atoms with Crippen LogP contribution in [0.5, 0.6) is 0 Å². The SMILES string of the molecule is CCNc1cc(C(F)F)nc2c(F)c(F)ccc12. The minimum absolute atomic E-state index is 0.278. The lowest BCUT2D eigenvalue weighted by atomic mass is 10.1. The maximum atomic E-state index is 13.6. The molecule has 0 spiro atoms. The molecule has 0 unspecified atom stereocenters. The number of fused-ring (bicyclic) bond motifs is 1. The molecule has 0 bridgehead atoms. The van der Waals surface area contributed by atoms with Gasteiger partial charge in [-0.15, -0.1) is 0 Å². The molecule has 2 nitrogen and oxygen atoms in total. The molecule has 2 aromatic rings. The van der Waals surface area contributed by atoms with E-state index in [4.69, 9.17) is 0 Å². The fraction of sp³-hybridized carbons (Fsp3) is 0.250. The average molecular weight is 258 g/mol. The van der Waals surface area contributed by atoms with Crippen LogP contribution >= 0.6 is 0 Å². The minimum Gasteiger partial charge on any atom is -0.385 e. The van der Waals surface area contributed by atoms with Crippen LogP contribution in [0.3, 0.4) is 0 Å². The molecular formula is C12H10F4N2. The Morgan fingerprint density at radius 2 is 2.00 bits per heavy atom. The highest BCUT2D eigenvalue weighted by molar-refractivity contribution is 5.91. The molecule has 18 heavy (non-hydrogen) atoms. The van der Waals surface area contributed by atoms with E-state index in [0.29, 0.717) is 12.2 Å². The summed E-state index contributed by atoms with van der Waals surface area (Å²) >= 11 is 0. The smallest absolute Gasteiger partial charge is 0.280 e. The molecule has 0 atom stereocenters. The van der Waals surface area contributed by atoms with E-state index in [1.165, 1.54) is 6.07 Å². The van der Waals surface area contributed by atoms with E-state index in [1.807, 2.05) is 0 Å². The Balaban J connectivity index is 2.77. The number of anilines is 1. The van der Waals surface area contributed by atoms with Crippen molar-refractivity contribution in [3.63, 3.8) is 0 Å². The molecule has 0 aliphatic heterocycles. The first-order valence-corrected chi connectivity index (χ1v) is 5.35. The highest BCUT2D eigenvalue weighted by Gasteiger charge is 2.17. The first-order chi connectivity index (χ1) is 8.54. The maximum Gasteiger partial charge on any atom is 0.280 e. The van der Waals surface area contributed by atoms with E-state index < -0.39 is 23.8 Å². The Morgan fingerprint density at radius 1 is 1.28 bits per heavy atom. The third-order valence-electron chi connectivity index (χ3n) is 2.48. The fourth-order valence-electron chi connectivity index (χ4n) is 1.70. The maximum absolute atomic E-state index is 13.6. The van der Waals surface area contributed by atoms with Gasteiger partial charge in [0.05, 0.1) is 0 Å². The molecule has 1 aromatic carbocycles. The predicted octanol–water partition coefficient (Wildman–Crippen LogP) is 3.88. The first kappa shape index (κ1) is 12.6. The van der Waals surface area contributed by atoms with Crippen molar-refractivity contribution in [2.45, 2.75) is 13.3 Å². The molecule has 1 heterocycles. The van der Waals surface area contributed by atoms with Crippen LogP contribution in [0.4, 0.5) is 23.2 Å². The molecule has 0 amide bonds. The van der Waals surface area contributed by atoms with Gasteiger partial charge >= 0.3 is 0 Å². The van der Waals surface area contributed by atoms with E-state index in [1.54, 1.807) is 6.92 Å². The van der Waals surface area contributed by atoms with Crippen LogP contribution in [-0.4, -0.2) is 11.5 Å². The van der Waals surface area contributed by atoms with Crippen LogP contribution in [-0.2, 0) is 0 Å². The number of nitrogens with zero attached hydrogens (tertiary/aromatic N) is 1. The monoisotopic (exact) mass is 258 g/mol. The Hall–Kier alpha value is -1.85. The second kappa shape index (κ2) is 4.80. The van der Waals surface area contributed by atoms with Gasteiger partial charge in [0.15, 0.2) is 11.6 Å². The van der Waals surface area contributed by atoms with Crippen molar-refractivity contribution >= 4 is 16.6 Å². The van der Waals surface area contributed by atoms with Crippen molar-refractivity contribution in [2.75, 3.05) is 11.9 Å². The first-order valence-electron chi connectivity index (χ1n) is 5.35. The van der Waals surface area contributed by atoms with Gasteiger partial charge in [0.25, 0.3) is 6.43 Å². The van der Waals surface area contributed by atoms with Gasteiger partial charge in [0.1, 0.15) is 11.2 Å². The molecule has 1 N–H and O–H groups in total. The third-order valence-corrected chi connectivity index (χ3v) is 2.48. The molecule has 0 radical (unpaired) electrons. The van der Waals surface area contributed by atoms with E-state index in [-0.39, 0.29) is 10.9 Å². The van der Waals surface area contributed by atoms with Crippen molar-refractivity contribution < 1.29 is 17.6 Å². The summed E-state index contributed by atoms with van der Waals surface area (Å²) < 4.78 is 51.9. The molecular weight excluding hydrogens is 248 g/mol. The van der Waals surface area contributed by atoms with Gasteiger partial charge in [-0.2, -0.15) is 0 Å². The summed E-state index contributed by atoms with van der Waals surface area (Å²) in [7, 11) is 0. The summed E-state index contributed by atoms with van der Waals surface area (Å²) in [6.07, 6.45) is -2.84. The van der Waals surface area contributed by atoms with E-state index >= 15 is 0 Å². The number of nitrogens with one attached hydrogen (secondary N) is 1. The second-order valence-electron chi connectivity index (χ2n) is 3.68. The Kier molecular flexibility index (Phi) is 3.36. The fourth-order valence-corrected chi connectivity index (χ4v) is 1.70. The van der Waals surface area contributed by atoms with Crippen LogP contribution < -0.4 is 5.32 Å². The number of aromatic nitrogens is 1. The van der Waals surface area contributed by atoms with Gasteiger partial charge in [-0.1, -0.05) is 0 Å². The number of rotatable bonds is 3. The van der Waals surface area contributed by atoms with Gasteiger partial charge in [0.2, 0.25) is 0 Å². The van der Waals surface area contributed by atoms with Gasteiger partial charge in [-0.25, -0.2) is 22.5 Å². The van der Waals surface area contributed by atoms with Crippen molar-refractivity contribution in [2.24, 2.45) is 0 Å². The summed E-state index contributed by atoms with van der Waals surface area (Å²) in [5.74, 6) is -2.32. The molecule has 0 aliphatic rings. The van der Waals surface area contributed by atoms with Crippen molar-refractivity contribution in [1.82, 2.24) is 4.98 Å². The highest BCUT2D eigenvalue weighted by atomic mass is 19.3. The van der Waals surface area contributed by atoms with Crippen LogP contribution in [0.25, 0.3) is 10.9 Å². The molecule has 2 rings (SSSR count). The third kappa shape index (κ3) is 2.10. The zero-order valence-electron chi connectivity index (χ0n) is 9.48. The van der Waals surface area contributed by atoms with Crippen LogP contribution in [0, 0.1) is 11.6 Å². The zero-order chi connectivity index (χ0) is 13.3. The van der Waals surface area contributed by atoms with E-state index in [0.717, 1.165) is 12.1 Å². The molecule has 6 heteroatoms. The van der Waals surface area contributed by atoms with E-state index in [2.05, 4.69) is 10.3 Å². The number of hydrogen-bond acceptors (Lipinski definition) is 2. The minimum atomic E-state index is -2.84. The summed E-state index contributed by atoms with van der Waals surface area (Å²) in [6.45, 7) is 2.25. The highest BCUT2D eigenvalue weighted by Crippen LogP contribution is 2.29. The molecule has 0 saturated heterocycles. The summed E-state index contributed by atoms with van der Waals surface area (Å²) in [4.78, 5) is 3.47. The number of pyridine rings is 1. The largest absolute Gasteiger partial charge is 0.385 e. The lowest BCUT2D eigenvalue weighted by Gasteiger charge is -2.11. The van der Waals surface area contributed by atoms with Gasteiger partial charge < -0.3 is 5.32 Å². The van der Waals surface area contributed by atoms with Crippen molar-refractivity contribution in [3.05, 3.63) is 35.5 Å². The van der Waals surface area contributed by atoms with Crippen LogP contribution in [0.2, 0.25) is 0 Å². The lowest BCUT2D eigenvalue weighted by Crippen LogP contribution is -2.02. The summed E-state index contributed by atoms with van der Waals surface area (Å²) in [5.41, 5.74) is -0.650. The summed E-state index contributed by atoms with van der Waals surface area (Å²) in [6, 6.07) is 3.41. The molecule has 1 aromatic heterocycles. The molecule has 96 valence electrons. The lowest BCUT2D eigenvalue weighted by molar-refractivity contribution is 0.146. The Bertz CT molecular complexity index is 584. The van der Waals surface area contributed by atoms with Gasteiger partial charge in [-0.3, -0.25) is 0 Å². The number of benzene rings is 1. The Labute approximate surface area is 101 Å². The average Bonchev–Trinajstić information content (AvgIpc) is 2.34. The van der Waals surface area contributed by atoms with Gasteiger partial charge in [0, 0.05) is 17.6 Å². The predicted molar refractivity (Wildman–Crippen MR) is 60.8 cm³/mol. The normalized spacial score (nSPS) is 11.2. The Morgan fingerprint density at radius 3 is 2.61 bits per heavy atom. The topological polar surface area (TPSA) is 24.9 Å². The van der Waals surface area contributed by atoms with Crippen LogP contribution in [0.1, 0.15) is 19.0 Å². The number of halogens is 4. The number of alkyl halides is 2. The van der Waals surface area contributed by atoms with Crippen molar-refractivity contribution in [3.8, 4) is 0 Å². The standard InChI is InChI=1S/C12H10F4N2/c1-2-17-8-5-9(12(15)16)18-11-6(8)3-4-7(13)10(11)14/h3-5,12H,2H2,1H3,(H,17,18). The number of hydrogen-bond donors (Lipinski definition) is 1. The zero-order valence-corrected chi connectivity index (χ0v) is 9.48. The molecule has 0 fully saturated rings. The quantitative estimate of drug-likeness (QED) is 0.845. The molecule has 0 aliphatic carbocycles.